The van der Waals surface area contributed by atoms with Crippen molar-refractivity contribution in [3.8, 4) is 79.7 Å². The first-order chi connectivity index (χ1) is 32.6. The topological polar surface area (TPSA) is 83.2 Å². The lowest BCUT2D eigenvalue weighted by Gasteiger charge is -2.13. The third-order valence-corrected chi connectivity index (χ3v) is 12.7. The Hall–Kier alpha value is -9.36. The first kappa shape index (κ1) is 38.3. The Labute approximate surface area is 380 Å². The summed E-state index contributed by atoms with van der Waals surface area (Å²) >= 11 is 0. The van der Waals surface area contributed by atoms with Crippen molar-refractivity contribution in [3.63, 3.8) is 0 Å². The van der Waals surface area contributed by atoms with Crippen LogP contribution in [-0.2, 0) is 0 Å². The minimum atomic E-state index is 0.424. The van der Waals surface area contributed by atoms with Gasteiger partial charge in [-0.2, -0.15) is 10.5 Å². The largest absolute Gasteiger partial charge is 0.309 e. The van der Waals surface area contributed by atoms with Crippen LogP contribution >= 0.6 is 0 Å². The average molecular weight is 841 g/mol. The molecule has 6 heteroatoms. The van der Waals surface area contributed by atoms with Gasteiger partial charge >= 0.3 is 0 Å². The van der Waals surface area contributed by atoms with Gasteiger partial charge in [0, 0.05) is 55.2 Å². The summed E-state index contributed by atoms with van der Waals surface area (Å²) in [6.45, 7) is 0. The van der Waals surface area contributed by atoms with Crippen LogP contribution < -0.4 is 0 Å². The van der Waals surface area contributed by atoms with E-state index in [2.05, 4.69) is 149 Å². The lowest BCUT2D eigenvalue weighted by molar-refractivity contribution is 1.17. The highest BCUT2D eigenvalue weighted by Gasteiger charge is 2.19. The van der Waals surface area contributed by atoms with Crippen LogP contribution in [0.3, 0.4) is 0 Å². The zero-order valence-corrected chi connectivity index (χ0v) is 35.5. The van der Waals surface area contributed by atoms with Gasteiger partial charge in [0.25, 0.3) is 0 Å². The van der Waals surface area contributed by atoms with Crippen molar-refractivity contribution in [3.05, 3.63) is 230 Å². The molecule has 0 aliphatic heterocycles. The maximum atomic E-state index is 10.5. The van der Waals surface area contributed by atoms with E-state index in [0.29, 0.717) is 33.8 Å². The van der Waals surface area contributed by atoms with Gasteiger partial charge in [0.1, 0.15) is 0 Å². The molecule has 0 saturated heterocycles. The number of benzene rings is 9. The molecule has 0 atom stereocenters. The summed E-state index contributed by atoms with van der Waals surface area (Å²) in [6, 6.07) is 79.6. The summed E-state index contributed by atoms with van der Waals surface area (Å²) in [5, 5.41) is 25.9. The van der Waals surface area contributed by atoms with Crippen molar-refractivity contribution in [2.75, 3.05) is 0 Å². The Morgan fingerprint density at radius 1 is 0.318 bits per heavy atom. The Kier molecular flexibility index (Phi) is 9.16. The minimum Gasteiger partial charge on any atom is -0.309 e. The molecule has 66 heavy (non-hydrogen) atoms. The number of hydrogen-bond donors (Lipinski definition) is 0. The number of para-hydroxylation sites is 3. The van der Waals surface area contributed by atoms with Crippen molar-refractivity contribution in [2.24, 2.45) is 0 Å². The van der Waals surface area contributed by atoms with Gasteiger partial charge in [0.05, 0.1) is 56.7 Å². The first-order valence-electron chi connectivity index (χ1n) is 21.8. The lowest BCUT2D eigenvalue weighted by Crippen LogP contribution is -1.98. The van der Waals surface area contributed by atoms with E-state index in [0.717, 1.165) is 55.9 Å². The predicted octanol–water partition coefficient (Wildman–Crippen LogP) is 14.7. The third kappa shape index (κ3) is 6.41. The fourth-order valence-corrected chi connectivity index (χ4v) is 9.52. The van der Waals surface area contributed by atoms with E-state index in [-0.39, 0.29) is 0 Å². The van der Waals surface area contributed by atoms with Crippen LogP contribution in [-0.4, -0.2) is 19.1 Å². The number of rotatable bonds is 7. The average Bonchev–Trinajstić information content (AvgIpc) is 3.91. The van der Waals surface area contributed by atoms with Gasteiger partial charge in [-0.25, -0.2) is 9.97 Å². The van der Waals surface area contributed by atoms with Crippen LogP contribution in [0.4, 0.5) is 0 Å². The highest BCUT2D eigenvalue weighted by Crippen LogP contribution is 2.39. The fraction of sp³-hybridized carbons (Fsp3) is 0. The fourth-order valence-electron chi connectivity index (χ4n) is 9.52. The normalized spacial score (nSPS) is 11.3. The molecule has 0 unspecified atom stereocenters. The van der Waals surface area contributed by atoms with Crippen molar-refractivity contribution >= 4 is 43.6 Å². The molecule has 0 N–H and O–H groups in total. The van der Waals surface area contributed by atoms with E-state index < -0.39 is 0 Å². The molecule has 0 bridgehead atoms. The molecule has 0 saturated carbocycles. The molecule has 0 aliphatic carbocycles. The summed E-state index contributed by atoms with van der Waals surface area (Å²) < 4.78 is 4.72. The quantitative estimate of drug-likeness (QED) is 0.160. The summed E-state index contributed by atoms with van der Waals surface area (Å²) in [7, 11) is 0. The third-order valence-electron chi connectivity index (χ3n) is 12.7. The van der Waals surface area contributed by atoms with E-state index in [4.69, 9.17) is 9.97 Å². The molecule has 0 spiro atoms. The Morgan fingerprint density at radius 3 is 1.36 bits per heavy atom. The molecular formula is C60H36N6. The second kappa shape index (κ2) is 15.8. The number of aromatic nitrogens is 4. The van der Waals surface area contributed by atoms with Gasteiger partial charge in [-0.05, 0) is 83.4 Å². The highest BCUT2D eigenvalue weighted by molar-refractivity contribution is 6.12. The first-order valence-corrected chi connectivity index (χ1v) is 21.8. The molecule has 0 radical (unpaired) electrons. The number of hydrogen-bond acceptors (Lipinski definition) is 4. The zero-order chi connectivity index (χ0) is 44.1. The van der Waals surface area contributed by atoms with Crippen LogP contribution in [0.1, 0.15) is 11.1 Å². The second-order valence-electron chi connectivity index (χ2n) is 16.4. The standard InChI is InChI=1S/C60H36N6/c61-37-44-34-52(55-36-54(42-13-3-1-4-14-42)63-60(64-55)43-15-5-2-6-16-43)45(38-62)33-51(44)41-25-23-39(24-26-41)40-27-29-46(30-28-40)65-58-22-12-9-19-50(58)53-35-47(31-32-59(53)65)66-56-20-10-7-17-48(56)49-18-8-11-21-57(49)66/h1-36H. The molecule has 3 aromatic heterocycles. The van der Waals surface area contributed by atoms with Gasteiger partial charge in [-0.1, -0.05) is 152 Å². The van der Waals surface area contributed by atoms with Gasteiger partial charge in [0.2, 0.25) is 0 Å². The number of nitrogens with zero attached hydrogens (tertiary/aromatic N) is 6. The molecule has 0 aliphatic rings. The van der Waals surface area contributed by atoms with Gasteiger partial charge in [-0.3, -0.25) is 0 Å². The maximum Gasteiger partial charge on any atom is 0.160 e. The van der Waals surface area contributed by atoms with Crippen LogP contribution in [0, 0.1) is 22.7 Å². The summed E-state index contributed by atoms with van der Waals surface area (Å²) in [5.74, 6) is 0.544. The van der Waals surface area contributed by atoms with E-state index in [1.807, 2.05) is 84.9 Å². The van der Waals surface area contributed by atoms with E-state index in [9.17, 15) is 10.5 Å². The molecule has 12 aromatic rings. The molecule has 3 heterocycles. The Balaban J connectivity index is 0.878. The van der Waals surface area contributed by atoms with E-state index in [1.54, 1.807) is 6.07 Å². The van der Waals surface area contributed by atoms with Crippen molar-refractivity contribution in [2.45, 2.75) is 0 Å². The minimum absolute atomic E-state index is 0.424. The smallest absolute Gasteiger partial charge is 0.160 e. The molecule has 6 nitrogen and oxygen atoms in total. The second-order valence-corrected chi connectivity index (χ2v) is 16.4. The highest BCUT2D eigenvalue weighted by atomic mass is 15.0. The van der Waals surface area contributed by atoms with Crippen LogP contribution in [0.25, 0.3) is 111 Å². The molecular weight excluding hydrogens is 805 g/mol. The summed E-state index contributed by atoms with van der Waals surface area (Å²) in [5.41, 5.74) is 15.1. The SMILES string of the molecule is N#Cc1cc(-c2cc(-c3ccccc3)nc(-c3ccccc3)n2)c(C#N)cc1-c1ccc(-c2ccc(-n3c4ccccc4c4cc(-n5c6ccccc6c6ccccc65)ccc43)cc2)cc1. The maximum absolute atomic E-state index is 10.5. The summed E-state index contributed by atoms with van der Waals surface area (Å²) in [4.78, 5) is 9.84. The van der Waals surface area contributed by atoms with Crippen molar-refractivity contribution in [1.82, 2.24) is 19.1 Å². The lowest BCUT2D eigenvalue weighted by atomic mass is 9.92. The molecule has 12 rings (SSSR count). The number of fused-ring (bicyclic) bond motifs is 6. The zero-order valence-electron chi connectivity index (χ0n) is 35.5. The number of nitriles is 2. The molecule has 9 aromatic carbocycles. The van der Waals surface area contributed by atoms with Crippen molar-refractivity contribution in [1.29, 1.82) is 10.5 Å². The van der Waals surface area contributed by atoms with Crippen LogP contribution in [0.5, 0.6) is 0 Å². The summed E-state index contributed by atoms with van der Waals surface area (Å²) in [6.07, 6.45) is 0. The Bertz CT molecular complexity index is 3810. The molecule has 306 valence electrons. The predicted molar refractivity (Wildman–Crippen MR) is 267 cm³/mol. The molecule has 0 amide bonds. The van der Waals surface area contributed by atoms with Gasteiger partial charge < -0.3 is 9.13 Å². The van der Waals surface area contributed by atoms with Crippen LogP contribution in [0.2, 0.25) is 0 Å². The monoisotopic (exact) mass is 840 g/mol. The van der Waals surface area contributed by atoms with Crippen LogP contribution in [0.15, 0.2) is 218 Å². The van der Waals surface area contributed by atoms with E-state index in [1.165, 1.54) is 32.6 Å². The van der Waals surface area contributed by atoms with E-state index >= 15 is 0 Å². The van der Waals surface area contributed by atoms with Crippen molar-refractivity contribution < 1.29 is 0 Å². The van der Waals surface area contributed by atoms with Gasteiger partial charge in [0.15, 0.2) is 5.82 Å². The Morgan fingerprint density at radius 2 is 0.758 bits per heavy atom. The van der Waals surface area contributed by atoms with Gasteiger partial charge in [-0.15, -0.1) is 0 Å². The molecule has 0 fully saturated rings.